The lowest BCUT2D eigenvalue weighted by molar-refractivity contribution is -0.145. The topological polar surface area (TPSA) is 215 Å². The highest BCUT2D eigenvalue weighted by Crippen LogP contribution is 2.24. The molecule has 17 heteroatoms. The van der Waals surface area contributed by atoms with E-state index in [2.05, 4.69) is 26.3 Å². The molecular formula is C27H38N6O10S. The van der Waals surface area contributed by atoms with Crippen LogP contribution in [-0.4, -0.2) is 90.1 Å². The second-order valence-corrected chi connectivity index (χ2v) is 11.0. The highest BCUT2D eigenvalue weighted by molar-refractivity contribution is 7.16. The number of aromatic nitrogens is 1. The molecule has 0 bridgehead atoms. The maximum atomic E-state index is 12.9. The van der Waals surface area contributed by atoms with Crippen molar-refractivity contribution in [3.63, 3.8) is 0 Å². The van der Waals surface area contributed by atoms with Gasteiger partial charge in [0.05, 0.1) is 41.2 Å². The molecule has 1 heterocycles. The number of urea groups is 1. The molecule has 1 aromatic carbocycles. The number of amides is 5. The highest BCUT2D eigenvalue weighted by Gasteiger charge is 2.28. The van der Waals surface area contributed by atoms with Gasteiger partial charge in [0.15, 0.2) is 0 Å². The van der Waals surface area contributed by atoms with E-state index in [1.54, 1.807) is 52.3 Å². The van der Waals surface area contributed by atoms with Gasteiger partial charge in [-0.3, -0.25) is 19.6 Å². The third-order valence-corrected chi connectivity index (χ3v) is 6.30. The summed E-state index contributed by atoms with van der Waals surface area (Å²) in [6.07, 6.45) is -1.59. The summed E-state index contributed by atoms with van der Waals surface area (Å²) < 4.78 is 15.6. The Bertz CT molecular complexity index is 1330. The number of alkyl carbamates (subject to hydrolysis) is 1. The number of thiazole rings is 1. The van der Waals surface area contributed by atoms with Crippen LogP contribution in [0.25, 0.3) is 10.2 Å². The van der Waals surface area contributed by atoms with Gasteiger partial charge >= 0.3 is 24.1 Å². The standard InChI is InChI=1S/C27H38N6O10S/c1-6-41-22(35)14-28-23(36)18(10-11-21(34)33(40)16-8-9-17-20(12-16)44-15-30-17)31-25(38)29-13-19(24(37)42-7-2)32-26(39)43-27(3,4)5/h8-9,12,15,18-19,40H,6-7,10-11,13-14H2,1-5H3,(H,28,36)(H,32,39)(H2,29,31,38)/t18-,19-/m0/s1. The van der Waals surface area contributed by atoms with E-state index in [4.69, 9.17) is 14.2 Å². The zero-order valence-electron chi connectivity index (χ0n) is 25.1. The van der Waals surface area contributed by atoms with Gasteiger partial charge in [-0.05, 0) is 59.2 Å². The number of hydrogen-bond donors (Lipinski definition) is 5. The Kier molecular flexibility index (Phi) is 13.7. The minimum Gasteiger partial charge on any atom is -0.465 e. The summed E-state index contributed by atoms with van der Waals surface area (Å²) in [5, 5.41) is 20.3. The van der Waals surface area contributed by atoms with Gasteiger partial charge in [0, 0.05) is 6.42 Å². The quantitative estimate of drug-likeness (QED) is 0.0867. The number of rotatable bonds is 14. The molecule has 0 aliphatic heterocycles. The number of ether oxygens (including phenoxy) is 3. The van der Waals surface area contributed by atoms with Crippen LogP contribution >= 0.6 is 11.3 Å². The maximum absolute atomic E-state index is 12.9. The van der Waals surface area contributed by atoms with Gasteiger partial charge in [-0.1, -0.05) is 0 Å². The predicted octanol–water partition coefficient (Wildman–Crippen LogP) is 1.60. The van der Waals surface area contributed by atoms with Crippen LogP contribution in [0.4, 0.5) is 15.3 Å². The molecule has 1 aromatic heterocycles. The van der Waals surface area contributed by atoms with Crippen molar-refractivity contribution >= 4 is 63.1 Å². The van der Waals surface area contributed by atoms with Crippen LogP contribution in [0.15, 0.2) is 23.7 Å². The number of carbonyl (C=O) groups excluding carboxylic acids is 6. The monoisotopic (exact) mass is 638 g/mol. The van der Waals surface area contributed by atoms with Gasteiger partial charge in [-0.15, -0.1) is 11.3 Å². The Labute approximate surface area is 257 Å². The SMILES string of the molecule is CCOC(=O)CNC(=O)[C@H](CCC(=O)N(O)c1ccc2ncsc2c1)NC(=O)NC[C@H](NC(=O)OC(C)(C)C)C(=O)OCC. The second kappa shape index (κ2) is 17.0. The van der Waals surface area contributed by atoms with Crippen molar-refractivity contribution in [1.29, 1.82) is 0 Å². The van der Waals surface area contributed by atoms with Gasteiger partial charge in [0.25, 0.3) is 5.91 Å². The summed E-state index contributed by atoms with van der Waals surface area (Å²) in [5.41, 5.74) is 1.65. The molecule has 2 aromatic rings. The molecule has 5 N–H and O–H groups in total. The fourth-order valence-corrected chi connectivity index (χ4v) is 4.26. The van der Waals surface area contributed by atoms with Gasteiger partial charge < -0.3 is 35.5 Å². The number of hydrogen-bond acceptors (Lipinski definition) is 12. The second-order valence-electron chi connectivity index (χ2n) is 10.1. The first-order chi connectivity index (χ1) is 20.7. The summed E-state index contributed by atoms with van der Waals surface area (Å²) in [4.78, 5) is 78.8. The smallest absolute Gasteiger partial charge is 0.408 e. The molecule has 16 nitrogen and oxygen atoms in total. The number of anilines is 1. The first kappa shape index (κ1) is 35.7. The molecule has 0 fully saturated rings. The minimum absolute atomic E-state index is 0.00815. The maximum Gasteiger partial charge on any atom is 0.408 e. The van der Waals surface area contributed by atoms with E-state index in [-0.39, 0.29) is 31.7 Å². The lowest BCUT2D eigenvalue weighted by Crippen LogP contribution is -2.55. The Hall–Kier alpha value is -4.51. The molecule has 44 heavy (non-hydrogen) atoms. The minimum atomic E-state index is -1.36. The van der Waals surface area contributed by atoms with Crippen molar-refractivity contribution in [3.05, 3.63) is 23.7 Å². The summed E-state index contributed by atoms with van der Waals surface area (Å²) in [6, 6.07) is 1.09. The van der Waals surface area contributed by atoms with Crippen LogP contribution in [0.3, 0.4) is 0 Å². The molecule has 0 saturated carbocycles. The van der Waals surface area contributed by atoms with E-state index in [0.717, 1.165) is 4.70 Å². The van der Waals surface area contributed by atoms with E-state index in [9.17, 15) is 34.0 Å². The van der Waals surface area contributed by atoms with E-state index in [1.165, 1.54) is 17.4 Å². The molecule has 2 rings (SSSR count). The van der Waals surface area contributed by atoms with Crippen molar-refractivity contribution in [2.24, 2.45) is 0 Å². The van der Waals surface area contributed by atoms with Crippen LogP contribution in [0, 0.1) is 0 Å². The molecular weight excluding hydrogens is 600 g/mol. The molecule has 5 amide bonds. The number of hydroxylamine groups is 1. The first-order valence-corrected chi connectivity index (χ1v) is 14.6. The average Bonchev–Trinajstić information content (AvgIpc) is 3.43. The van der Waals surface area contributed by atoms with Crippen molar-refractivity contribution in [2.45, 2.75) is 65.1 Å². The van der Waals surface area contributed by atoms with E-state index >= 15 is 0 Å². The third-order valence-electron chi connectivity index (χ3n) is 5.51. The zero-order chi connectivity index (χ0) is 32.9. The van der Waals surface area contributed by atoms with Crippen LogP contribution < -0.4 is 26.3 Å². The summed E-state index contributed by atoms with van der Waals surface area (Å²) in [5.74, 6) is -3.15. The van der Waals surface area contributed by atoms with Gasteiger partial charge in [-0.25, -0.2) is 19.4 Å². The van der Waals surface area contributed by atoms with E-state index < -0.39 is 66.7 Å². The van der Waals surface area contributed by atoms with Crippen molar-refractivity contribution in [2.75, 3.05) is 31.4 Å². The molecule has 0 aliphatic rings. The van der Waals surface area contributed by atoms with Crippen LogP contribution in [-0.2, 0) is 33.4 Å². The zero-order valence-corrected chi connectivity index (χ0v) is 25.9. The van der Waals surface area contributed by atoms with Crippen molar-refractivity contribution in [3.8, 4) is 0 Å². The molecule has 0 radical (unpaired) electrons. The fraction of sp³-hybridized carbons (Fsp3) is 0.519. The van der Waals surface area contributed by atoms with Crippen LogP contribution in [0.2, 0.25) is 0 Å². The molecule has 0 spiro atoms. The Morgan fingerprint density at radius 1 is 1.00 bits per heavy atom. The first-order valence-electron chi connectivity index (χ1n) is 13.7. The average molecular weight is 639 g/mol. The van der Waals surface area contributed by atoms with E-state index in [0.29, 0.717) is 10.6 Å². The predicted molar refractivity (Wildman–Crippen MR) is 158 cm³/mol. The van der Waals surface area contributed by atoms with Crippen LogP contribution in [0.5, 0.6) is 0 Å². The number of carbonyl (C=O) groups is 6. The Morgan fingerprint density at radius 2 is 1.70 bits per heavy atom. The number of fused-ring (bicyclic) bond motifs is 1. The lowest BCUT2D eigenvalue weighted by atomic mass is 10.1. The Balaban J connectivity index is 2.08. The Morgan fingerprint density at radius 3 is 2.36 bits per heavy atom. The van der Waals surface area contributed by atoms with Crippen molar-refractivity contribution < 1.29 is 48.2 Å². The van der Waals surface area contributed by atoms with Crippen LogP contribution in [0.1, 0.15) is 47.5 Å². The molecule has 0 aliphatic carbocycles. The normalized spacial score (nSPS) is 12.3. The molecule has 0 saturated heterocycles. The molecule has 2 atom stereocenters. The fourth-order valence-electron chi connectivity index (χ4n) is 3.55. The van der Waals surface area contributed by atoms with Gasteiger partial charge in [0.1, 0.15) is 24.2 Å². The lowest BCUT2D eigenvalue weighted by Gasteiger charge is -2.23. The largest absolute Gasteiger partial charge is 0.465 e. The van der Waals surface area contributed by atoms with E-state index in [1.807, 2.05) is 0 Å². The van der Waals surface area contributed by atoms with Gasteiger partial charge in [0.2, 0.25) is 5.91 Å². The highest BCUT2D eigenvalue weighted by atomic mass is 32.1. The summed E-state index contributed by atoms with van der Waals surface area (Å²) >= 11 is 1.32. The number of esters is 2. The molecule has 0 unspecified atom stereocenters. The summed E-state index contributed by atoms with van der Waals surface area (Å²) in [7, 11) is 0. The third kappa shape index (κ3) is 12.0. The van der Waals surface area contributed by atoms with Gasteiger partial charge in [-0.2, -0.15) is 5.06 Å². The number of nitrogens with zero attached hydrogens (tertiary/aromatic N) is 2. The van der Waals surface area contributed by atoms with Crippen molar-refractivity contribution in [1.82, 2.24) is 26.3 Å². The number of nitrogens with one attached hydrogen (secondary N) is 4. The summed E-state index contributed by atoms with van der Waals surface area (Å²) in [6.45, 7) is 7.21. The molecule has 242 valence electrons. The number of benzene rings is 1.